The molecule has 1 aromatic carbocycles. The summed E-state index contributed by atoms with van der Waals surface area (Å²) in [5.74, 6) is 0.134. The topological polar surface area (TPSA) is 62.2 Å². The van der Waals surface area contributed by atoms with E-state index in [9.17, 15) is 9.90 Å². The van der Waals surface area contributed by atoms with Crippen molar-refractivity contribution in [1.82, 2.24) is 10.3 Å². The fraction of sp³-hybridized carbons (Fsp3) is 0.474. The quantitative estimate of drug-likeness (QED) is 0.874. The molecule has 4 nitrogen and oxygen atoms in total. The minimum Gasteiger partial charge on any atom is -0.396 e. The first-order valence-electron chi connectivity index (χ1n) is 8.59. The second kappa shape index (κ2) is 7.90. The molecular weight excluding hydrogens is 320 g/mol. The molecule has 3 rings (SSSR count). The molecule has 0 saturated heterocycles. The van der Waals surface area contributed by atoms with E-state index in [1.165, 1.54) is 16.9 Å². The molecule has 2 N–H and O–H groups in total. The number of carbonyl (C=O) groups is 1. The molecule has 1 aliphatic carbocycles. The Morgan fingerprint density at radius 2 is 2.04 bits per heavy atom. The molecule has 0 spiro atoms. The standard InChI is InChI=1S/C19H24N2O2S/c1-13-18(19(23)21-16-10-6-5-9-15(16)12-22)24-17(20-13)11-14-7-3-2-4-8-14/h2-4,7-8,15-16,22H,5-6,9-12H2,1H3,(H,21,23). The fourth-order valence-corrected chi connectivity index (χ4v) is 4.36. The van der Waals surface area contributed by atoms with Crippen molar-refractivity contribution in [2.45, 2.75) is 45.1 Å². The molecule has 1 aliphatic rings. The Balaban J connectivity index is 1.68. The number of nitrogens with zero attached hydrogens (tertiary/aromatic N) is 1. The van der Waals surface area contributed by atoms with Gasteiger partial charge < -0.3 is 10.4 Å². The molecule has 0 radical (unpaired) electrons. The van der Waals surface area contributed by atoms with Crippen LogP contribution in [0.25, 0.3) is 0 Å². The number of carbonyl (C=O) groups excluding carboxylic acids is 1. The summed E-state index contributed by atoms with van der Waals surface area (Å²) in [4.78, 5) is 17.9. The second-order valence-corrected chi connectivity index (χ2v) is 7.58. The number of benzene rings is 1. The van der Waals surface area contributed by atoms with Gasteiger partial charge in [-0.15, -0.1) is 11.3 Å². The normalized spacial score (nSPS) is 20.8. The van der Waals surface area contributed by atoms with Crippen molar-refractivity contribution < 1.29 is 9.90 Å². The number of aromatic nitrogens is 1. The molecule has 0 aliphatic heterocycles. The molecule has 0 bridgehead atoms. The molecule has 128 valence electrons. The van der Waals surface area contributed by atoms with Crippen molar-refractivity contribution in [3.8, 4) is 0 Å². The number of rotatable bonds is 5. The van der Waals surface area contributed by atoms with Gasteiger partial charge in [0.15, 0.2) is 0 Å². The molecular formula is C19H24N2O2S. The van der Waals surface area contributed by atoms with Crippen LogP contribution >= 0.6 is 11.3 Å². The highest BCUT2D eigenvalue weighted by Crippen LogP contribution is 2.26. The Hall–Kier alpha value is -1.72. The van der Waals surface area contributed by atoms with E-state index in [0.29, 0.717) is 4.88 Å². The Morgan fingerprint density at radius 1 is 1.29 bits per heavy atom. The van der Waals surface area contributed by atoms with Crippen molar-refractivity contribution in [2.75, 3.05) is 6.61 Å². The molecule has 1 amide bonds. The highest BCUT2D eigenvalue weighted by atomic mass is 32.1. The van der Waals surface area contributed by atoms with Crippen molar-refractivity contribution in [3.63, 3.8) is 0 Å². The van der Waals surface area contributed by atoms with Gasteiger partial charge in [0, 0.05) is 25.0 Å². The van der Waals surface area contributed by atoms with E-state index in [1.807, 2.05) is 25.1 Å². The summed E-state index contributed by atoms with van der Waals surface area (Å²) in [7, 11) is 0. The first-order valence-corrected chi connectivity index (χ1v) is 9.41. The van der Waals surface area contributed by atoms with Crippen LogP contribution in [0.1, 0.15) is 51.6 Å². The van der Waals surface area contributed by atoms with E-state index in [2.05, 4.69) is 22.4 Å². The number of hydrogen-bond acceptors (Lipinski definition) is 4. The number of aliphatic hydroxyl groups is 1. The number of nitrogens with one attached hydrogen (secondary N) is 1. The van der Waals surface area contributed by atoms with E-state index in [4.69, 9.17) is 0 Å². The third-order valence-corrected chi connectivity index (χ3v) is 5.86. The molecule has 2 aromatic rings. The largest absolute Gasteiger partial charge is 0.396 e. The lowest BCUT2D eigenvalue weighted by molar-refractivity contribution is 0.0876. The van der Waals surface area contributed by atoms with Crippen LogP contribution < -0.4 is 5.32 Å². The SMILES string of the molecule is Cc1nc(Cc2ccccc2)sc1C(=O)NC1CCCCC1CO. The first-order chi connectivity index (χ1) is 11.7. The Bertz CT molecular complexity index is 684. The number of hydrogen-bond donors (Lipinski definition) is 2. The fourth-order valence-electron chi connectivity index (χ4n) is 3.36. The van der Waals surface area contributed by atoms with Crippen LogP contribution in [-0.4, -0.2) is 28.6 Å². The Kier molecular flexibility index (Phi) is 5.63. The molecule has 5 heteroatoms. The van der Waals surface area contributed by atoms with E-state index < -0.39 is 0 Å². The zero-order valence-electron chi connectivity index (χ0n) is 14.0. The van der Waals surface area contributed by atoms with Gasteiger partial charge in [-0.2, -0.15) is 0 Å². The lowest BCUT2D eigenvalue weighted by Gasteiger charge is -2.30. The summed E-state index contributed by atoms with van der Waals surface area (Å²) in [6.07, 6.45) is 4.94. The number of aliphatic hydroxyl groups excluding tert-OH is 1. The monoisotopic (exact) mass is 344 g/mol. The van der Waals surface area contributed by atoms with E-state index in [1.54, 1.807) is 0 Å². The third kappa shape index (κ3) is 4.02. The number of amides is 1. The smallest absolute Gasteiger partial charge is 0.263 e. The maximum Gasteiger partial charge on any atom is 0.263 e. The lowest BCUT2D eigenvalue weighted by atomic mass is 9.85. The molecule has 1 aromatic heterocycles. The summed E-state index contributed by atoms with van der Waals surface area (Å²) in [6.45, 7) is 2.04. The summed E-state index contributed by atoms with van der Waals surface area (Å²) in [5, 5.41) is 13.6. The predicted molar refractivity (Wildman–Crippen MR) is 96.4 cm³/mol. The summed E-state index contributed by atoms with van der Waals surface area (Å²) >= 11 is 1.47. The predicted octanol–water partition coefficient (Wildman–Crippen LogP) is 3.32. The van der Waals surface area contributed by atoms with Crippen LogP contribution in [0.15, 0.2) is 30.3 Å². The molecule has 1 fully saturated rings. The molecule has 2 unspecified atom stereocenters. The molecule has 2 atom stereocenters. The molecule has 24 heavy (non-hydrogen) atoms. The van der Waals surface area contributed by atoms with Crippen molar-refractivity contribution in [3.05, 3.63) is 51.5 Å². The Labute approximate surface area is 146 Å². The van der Waals surface area contributed by atoms with Gasteiger partial charge in [0.05, 0.1) is 10.7 Å². The molecule has 1 saturated carbocycles. The van der Waals surface area contributed by atoms with Gasteiger partial charge in [0.2, 0.25) is 0 Å². The van der Waals surface area contributed by atoms with Gasteiger partial charge in [0.25, 0.3) is 5.91 Å². The van der Waals surface area contributed by atoms with E-state index >= 15 is 0 Å². The van der Waals surface area contributed by atoms with Crippen LogP contribution in [0, 0.1) is 12.8 Å². The second-order valence-electron chi connectivity index (χ2n) is 6.49. The summed E-state index contributed by atoms with van der Waals surface area (Å²) in [6, 6.07) is 10.3. The average molecular weight is 344 g/mol. The first kappa shape index (κ1) is 17.1. The zero-order valence-corrected chi connectivity index (χ0v) is 14.8. The van der Waals surface area contributed by atoms with Crippen LogP contribution in [-0.2, 0) is 6.42 Å². The summed E-state index contributed by atoms with van der Waals surface area (Å²) in [5.41, 5.74) is 1.99. The van der Waals surface area contributed by atoms with Crippen molar-refractivity contribution >= 4 is 17.2 Å². The van der Waals surface area contributed by atoms with Gasteiger partial charge in [-0.1, -0.05) is 43.2 Å². The van der Waals surface area contributed by atoms with E-state index in [-0.39, 0.29) is 24.5 Å². The van der Waals surface area contributed by atoms with Crippen molar-refractivity contribution in [1.29, 1.82) is 0 Å². The van der Waals surface area contributed by atoms with Gasteiger partial charge in [0.1, 0.15) is 4.88 Å². The summed E-state index contributed by atoms with van der Waals surface area (Å²) < 4.78 is 0. The Morgan fingerprint density at radius 3 is 2.79 bits per heavy atom. The maximum absolute atomic E-state index is 12.6. The molecule has 1 heterocycles. The van der Waals surface area contributed by atoms with Gasteiger partial charge in [-0.05, 0) is 25.3 Å². The minimum atomic E-state index is -0.0466. The van der Waals surface area contributed by atoms with Crippen molar-refractivity contribution in [2.24, 2.45) is 5.92 Å². The number of thiazole rings is 1. The van der Waals surface area contributed by atoms with Gasteiger partial charge in [-0.3, -0.25) is 4.79 Å². The third-order valence-electron chi connectivity index (χ3n) is 4.71. The maximum atomic E-state index is 12.6. The minimum absolute atomic E-state index is 0.0466. The highest BCUT2D eigenvalue weighted by Gasteiger charge is 2.27. The van der Waals surface area contributed by atoms with E-state index in [0.717, 1.165) is 42.8 Å². The van der Waals surface area contributed by atoms with Crippen LogP contribution in [0.5, 0.6) is 0 Å². The average Bonchev–Trinajstić information content (AvgIpc) is 2.96. The highest BCUT2D eigenvalue weighted by molar-refractivity contribution is 7.13. The van der Waals surface area contributed by atoms with Crippen LogP contribution in [0.2, 0.25) is 0 Å². The van der Waals surface area contributed by atoms with Gasteiger partial charge >= 0.3 is 0 Å². The zero-order chi connectivity index (χ0) is 16.9. The van der Waals surface area contributed by atoms with Crippen LogP contribution in [0.4, 0.5) is 0 Å². The number of aryl methyl sites for hydroxylation is 1. The van der Waals surface area contributed by atoms with Crippen LogP contribution in [0.3, 0.4) is 0 Å². The lowest BCUT2D eigenvalue weighted by Crippen LogP contribution is -2.43. The van der Waals surface area contributed by atoms with Gasteiger partial charge in [-0.25, -0.2) is 4.98 Å².